The van der Waals surface area contributed by atoms with Crippen LogP contribution in [-0.4, -0.2) is 26.7 Å². The number of nitriles is 1. The molecule has 110 valence electrons. The number of hydrogen-bond donors (Lipinski definition) is 3. The summed E-state index contributed by atoms with van der Waals surface area (Å²) in [7, 11) is -3.72. The number of sulfonamides is 1. The number of aliphatic hydroxyl groups is 1. The van der Waals surface area contributed by atoms with Crippen LogP contribution in [0.4, 0.5) is 5.69 Å². The van der Waals surface area contributed by atoms with Crippen molar-refractivity contribution in [2.75, 3.05) is 18.9 Å². The van der Waals surface area contributed by atoms with Crippen molar-refractivity contribution in [3.05, 3.63) is 23.8 Å². The van der Waals surface area contributed by atoms with Crippen molar-refractivity contribution in [2.24, 2.45) is 5.92 Å². The smallest absolute Gasteiger partial charge is 0.241 e. The molecule has 20 heavy (non-hydrogen) atoms. The van der Waals surface area contributed by atoms with E-state index in [-0.39, 0.29) is 29.5 Å². The first-order chi connectivity index (χ1) is 9.40. The van der Waals surface area contributed by atoms with Crippen molar-refractivity contribution >= 4 is 15.7 Å². The third-order valence-electron chi connectivity index (χ3n) is 2.89. The van der Waals surface area contributed by atoms with Gasteiger partial charge in [0.15, 0.2) is 0 Å². The lowest BCUT2D eigenvalue weighted by Crippen LogP contribution is -2.26. The second-order valence-electron chi connectivity index (χ2n) is 4.70. The van der Waals surface area contributed by atoms with E-state index < -0.39 is 10.0 Å². The average molecular weight is 297 g/mol. The predicted molar refractivity (Wildman–Crippen MR) is 76.2 cm³/mol. The first-order valence-corrected chi connectivity index (χ1v) is 7.79. The van der Waals surface area contributed by atoms with Crippen LogP contribution in [0.15, 0.2) is 23.1 Å². The summed E-state index contributed by atoms with van der Waals surface area (Å²) in [6, 6.07) is 5.94. The van der Waals surface area contributed by atoms with Gasteiger partial charge in [0.2, 0.25) is 10.0 Å². The zero-order chi connectivity index (χ0) is 15.2. The van der Waals surface area contributed by atoms with Crippen LogP contribution in [0.2, 0.25) is 0 Å². The van der Waals surface area contributed by atoms with Crippen LogP contribution in [0.3, 0.4) is 0 Å². The second-order valence-corrected chi connectivity index (χ2v) is 6.43. The Labute approximate surface area is 119 Å². The van der Waals surface area contributed by atoms with Gasteiger partial charge in [0.25, 0.3) is 0 Å². The second kappa shape index (κ2) is 7.24. The molecule has 0 saturated heterocycles. The van der Waals surface area contributed by atoms with Crippen molar-refractivity contribution in [3.63, 3.8) is 0 Å². The molecular weight excluding hydrogens is 278 g/mol. The molecule has 0 amide bonds. The highest BCUT2D eigenvalue weighted by Crippen LogP contribution is 2.18. The van der Waals surface area contributed by atoms with Crippen LogP contribution in [-0.2, 0) is 10.0 Å². The normalized spacial score (nSPS) is 12.8. The summed E-state index contributed by atoms with van der Waals surface area (Å²) in [6.07, 6.45) is 1.35. The molecule has 0 spiro atoms. The Morgan fingerprint density at radius 2 is 2.20 bits per heavy atom. The maximum Gasteiger partial charge on any atom is 0.241 e. The summed E-state index contributed by atoms with van der Waals surface area (Å²) in [5.74, 6) is 0.144. The minimum atomic E-state index is -3.72. The number of benzene rings is 1. The largest absolute Gasteiger partial charge is 0.399 e. The van der Waals surface area contributed by atoms with Gasteiger partial charge >= 0.3 is 0 Å². The molecule has 1 rings (SSSR count). The molecule has 0 aromatic heterocycles. The van der Waals surface area contributed by atoms with Crippen LogP contribution in [0.5, 0.6) is 0 Å². The van der Waals surface area contributed by atoms with Crippen molar-refractivity contribution in [1.29, 1.82) is 5.26 Å². The number of nitrogens with two attached hydrogens (primary N) is 1. The van der Waals surface area contributed by atoms with Crippen molar-refractivity contribution in [1.82, 2.24) is 4.72 Å². The maximum absolute atomic E-state index is 12.1. The quantitative estimate of drug-likeness (QED) is 0.509. The lowest BCUT2D eigenvalue weighted by atomic mass is 10.1. The fourth-order valence-electron chi connectivity index (χ4n) is 1.70. The van der Waals surface area contributed by atoms with Crippen molar-refractivity contribution in [3.8, 4) is 6.07 Å². The van der Waals surface area contributed by atoms with E-state index in [4.69, 9.17) is 16.1 Å². The molecule has 0 radical (unpaired) electrons. The van der Waals surface area contributed by atoms with Gasteiger partial charge in [-0.3, -0.25) is 0 Å². The average Bonchev–Trinajstić information content (AvgIpc) is 2.42. The van der Waals surface area contributed by atoms with E-state index >= 15 is 0 Å². The zero-order valence-electron chi connectivity index (χ0n) is 11.3. The van der Waals surface area contributed by atoms with E-state index in [1.807, 2.05) is 13.0 Å². The van der Waals surface area contributed by atoms with Gasteiger partial charge in [-0.25, -0.2) is 13.1 Å². The fourth-order valence-corrected chi connectivity index (χ4v) is 2.91. The van der Waals surface area contributed by atoms with E-state index in [0.717, 1.165) is 6.42 Å². The SMILES string of the molecule is CC(CO)CCCNS(=O)(=O)c1ccc(N)cc1C#N. The number of nitrogens with one attached hydrogen (secondary N) is 1. The van der Waals surface area contributed by atoms with E-state index in [1.165, 1.54) is 18.2 Å². The summed E-state index contributed by atoms with van der Waals surface area (Å²) in [5, 5.41) is 17.8. The monoisotopic (exact) mass is 297 g/mol. The molecule has 0 bridgehead atoms. The Hall–Kier alpha value is -1.62. The van der Waals surface area contributed by atoms with Crippen LogP contribution < -0.4 is 10.5 Å². The third kappa shape index (κ3) is 4.49. The molecule has 0 aliphatic carbocycles. The maximum atomic E-state index is 12.1. The van der Waals surface area contributed by atoms with Gasteiger partial charge in [-0.05, 0) is 37.0 Å². The van der Waals surface area contributed by atoms with Crippen LogP contribution in [0.25, 0.3) is 0 Å². The molecule has 4 N–H and O–H groups in total. The Morgan fingerprint density at radius 1 is 1.50 bits per heavy atom. The number of hydrogen-bond acceptors (Lipinski definition) is 5. The third-order valence-corrected chi connectivity index (χ3v) is 4.41. The lowest BCUT2D eigenvalue weighted by Gasteiger charge is -2.10. The highest BCUT2D eigenvalue weighted by atomic mass is 32.2. The van der Waals surface area contributed by atoms with Gasteiger partial charge in [-0.1, -0.05) is 6.92 Å². The number of aliphatic hydroxyl groups excluding tert-OH is 1. The van der Waals surface area contributed by atoms with Crippen LogP contribution in [0.1, 0.15) is 25.3 Å². The van der Waals surface area contributed by atoms with Gasteiger partial charge in [-0.15, -0.1) is 0 Å². The van der Waals surface area contributed by atoms with Crippen molar-refractivity contribution < 1.29 is 13.5 Å². The summed E-state index contributed by atoms with van der Waals surface area (Å²) >= 11 is 0. The molecule has 1 atom stereocenters. The van der Waals surface area contributed by atoms with E-state index in [1.54, 1.807) is 0 Å². The highest BCUT2D eigenvalue weighted by Gasteiger charge is 2.18. The zero-order valence-corrected chi connectivity index (χ0v) is 12.2. The Morgan fingerprint density at radius 3 is 2.80 bits per heavy atom. The molecule has 1 unspecified atom stereocenters. The molecule has 7 heteroatoms. The minimum absolute atomic E-state index is 0.0289. The Balaban J connectivity index is 2.73. The molecule has 0 fully saturated rings. The number of nitrogen functional groups attached to an aromatic ring is 1. The van der Waals surface area contributed by atoms with Gasteiger partial charge < -0.3 is 10.8 Å². The van der Waals surface area contributed by atoms with E-state index in [2.05, 4.69) is 4.72 Å². The Bertz CT molecular complexity index is 593. The standard InChI is InChI=1S/C13H19N3O3S/c1-10(9-17)3-2-6-16-20(18,19)13-5-4-12(15)7-11(13)8-14/h4-5,7,10,16-17H,2-3,6,9,15H2,1H3. The van der Waals surface area contributed by atoms with Crippen LogP contribution >= 0.6 is 0 Å². The summed E-state index contributed by atoms with van der Waals surface area (Å²) < 4.78 is 26.6. The van der Waals surface area contributed by atoms with Gasteiger partial charge in [-0.2, -0.15) is 5.26 Å². The summed E-state index contributed by atoms with van der Waals surface area (Å²) in [5.41, 5.74) is 5.90. The summed E-state index contributed by atoms with van der Waals surface area (Å²) in [6.45, 7) is 2.24. The molecule has 6 nitrogen and oxygen atoms in total. The van der Waals surface area contributed by atoms with Gasteiger partial charge in [0.1, 0.15) is 6.07 Å². The topological polar surface area (TPSA) is 116 Å². The molecule has 0 heterocycles. The fraction of sp³-hybridized carbons (Fsp3) is 0.462. The molecule has 1 aromatic carbocycles. The highest BCUT2D eigenvalue weighted by molar-refractivity contribution is 7.89. The summed E-state index contributed by atoms with van der Waals surface area (Å²) in [4.78, 5) is -0.0654. The minimum Gasteiger partial charge on any atom is -0.399 e. The first-order valence-electron chi connectivity index (χ1n) is 6.31. The Kier molecular flexibility index (Phi) is 5.95. The molecule has 1 aromatic rings. The first kappa shape index (κ1) is 16.4. The predicted octanol–water partition coefficient (Wildman–Crippen LogP) is 0.827. The van der Waals surface area contributed by atoms with Crippen LogP contribution in [0, 0.1) is 17.2 Å². The molecule has 0 saturated carbocycles. The number of anilines is 1. The van der Waals surface area contributed by atoms with E-state index in [9.17, 15) is 8.42 Å². The molecular formula is C13H19N3O3S. The number of rotatable bonds is 7. The van der Waals surface area contributed by atoms with E-state index in [0.29, 0.717) is 12.1 Å². The number of nitrogens with zero attached hydrogens (tertiary/aromatic N) is 1. The molecule has 0 aliphatic heterocycles. The van der Waals surface area contributed by atoms with Gasteiger partial charge in [0.05, 0.1) is 10.5 Å². The molecule has 0 aliphatic rings. The van der Waals surface area contributed by atoms with Gasteiger partial charge in [0, 0.05) is 18.8 Å². The van der Waals surface area contributed by atoms with Crippen molar-refractivity contribution in [2.45, 2.75) is 24.7 Å². The lowest BCUT2D eigenvalue weighted by molar-refractivity contribution is 0.228.